The lowest BCUT2D eigenvalue weighted by Crippen LogP contribution is -2.48. The van der Waals surface area contributed by atoms with Crippen LogP contribution in [0.4, 0.5) is 0 Å². The highest BCUT2D eigenvalue weighted by atomic mass is 35.5. The maximum atomic E-state index is 6.09. The molecular formula is C20H31ClN4OS. The lowest BCUT2D eigenvalue weighted by molar-refractivity contribution is 0.0170. The number of guanidine groups is 1. The Balaban J connectivity index is 1.61. The summed E-state index contributed by atoms with van der Waals surface area (Å²) < 4.78 is 5.54. The van der Waals surface area contributed by atoms with Crippen LogP contribution >= 0.6 is 23.4 Å². The molecule has 7 heteroatoms. The second-order valence-corrected chi connectivity index (χ2v) is 8.76. The second kappa shape index (κ2) is 10.6. The fourth-order valence-electron chi connectivity index (χ4n) is 3.90. The number of nitrogens with one attached hydrogen (secondary N) is 2. The van der Waals surface area contributed by atoms with Crippen molar-refractivity contribution in [3.63, 3.8) is 0 Å². The predicted molar refractivity (Wildman–Crippen MR) is 116 cm³/mol. The minimum atomic E-state index is 0.271. The quantitative estimate of drug-likeness (QED) is 0.557. The SMILES string of the molecule is CN=C(NCC(c1ccc(Cl)cc1)N1CCOCC1)NC1CCC(SC)C1. The largest absolute Gasteiger partial charge is 0.379 e. The van der Waals surface area contributed by atoms with Gasteiger partial charge in [-0.25, -0.2) is 0 Å². The minimum Gasteiger partial charge on any atom is -0.379 e. The fraction of sp³-hybridized carbons (Fsp3) is 0.650. The van der Waals surface area contributed by atoms with Gasteiger partial charge in [0.2, 0.25) is 0 Å². The van der Waals surface area contributed by atoms with Crippen molar-refractivity contribution in [2.45, 2.75) is 36.6 Å². The fourth-order valence-corrected chi connectivity index (χ4v) is 4.82. The van der Waals surface area contributed by atoms with Crippen molar-refractivity contribution in [2.24, 2.45) is 4.99 Å². The van der Waals surface area contributed by atoms with Crippen molar-refractivity contribution in [1.82, 2.24) is 15.5 Å². The lowest BCUT2D eigenvalue weighted by Gasteiger charge is -2.35. The Morgan fingerprint density at radius 1 is 1.30 bits per heavy atom. The summed E-state index contributed by atoms with van der Waals surface area (Å²) in [6.45, 7) is 4.27. The Labute approximate surface area is 172 Å². The van der Waals surface area contributed by atoms with E-state index in [4.69, 9.17) is 16.3 Å². The van der Waals surface area contributed by atoms with Gasteiger partial charge < -0.3 is 15.4 Å². The normalized spacial score (nSPS) is 25.4. The molecule has 1 aromatic carbocycles. The molecule has 0 amide bonds. The van der Waals surface area contributed by atoms with Gasteiger partial charge in [0.05, 0.1) is 19.3 Å². The zero-order valence-electron chi connectivity index (χ0n) is 16.3. The number of rotatable bonds is 6. The van der Waals surface area contributed by atoms with E-state index < -0.39 is 0 Å². The standard InChI is InChI=1S/C20H31ClN4OS/c1-22-20(24-17-7-8-18(13-17)27-2)23-14-19(25-9-11-26-12-10-25)15-3-5-16(21)6-4-15/h3-6,17-19H,7-14H2,1-2H3,(H2,22,23,24). The molecule has 3 unspecified atom stereocenters. The molecule has 1 heterocycles. The number of aliphatic imine (C=N–C) groups is 1. The molecule has 150 valence electrons. The molecule has 0 bridgehead atoms. The minimum absolute atomic E-state index is 0.271. The topological polar surface area (TPSA) is 48.9 Å². The number of benzene rings is 1. The summed E-state index contributed by atoms with van der Waals surface area (Å²) in [7, 11) is 1.85. The highest BCUT2D eigenvalue weighted by Gasteiger charge is 2.26. The molecule has 0 spiro atoms. The van der Waals surface area contributed by atoms with Crippen LogP contribution in [-0.2, 0) is 4.74 Å². The summed E-state index contributed by atoms with van der Waals surface area (Å²) in [5, 5.41) is 8.71. The van der Waals surface area contributed by atoms with Gasteiger partial charge in [0.15, 0.2) is 5.96 Å². The maximum absolute atomic E-state index is 6.09. The van der Waals surface area contributed by atoms with Crippen LogP contribution in [0.25, 0.3) is 0 Å². The molecule has 27 heavy (non-hydrogen) atoms. The van der Waals surface area contributed by atoms with Crippen LogP contribution in [0.5, 0.6) is 0 Å². The zero-order valence-corrected chi connectivity index (χ0v) is 17.9. The summed E-state index contributed by atoms with van der Waals surface area (Å²) in [5.74, 6) is 0.897. The van der Waals surface area contributed by atoms with Crippen molar-refractivity contribution in [3.8, 4) is 0 Å². The lowest BCUT2D eigenvalue weighted by atomic mass is 10.0. The Hall–Kier alpha value is -0.950. The summed E-state index contributed by atoms with van der Waals surface area (Å²) in [5.41, 5.74) is 1.27. The highest BCUT2D eigenvalue weighted by Crippen LogP contribution is 2.28. The van der Waals surface area contributed by atoms with E-state index in [1.165, 1.54) is 24.8 Å². The average molecular weight is 411 g/mol. The van der Waals surface area contributed by atoms with Crippen molar-refractivity contribution in [2.75, 3.05) is 46.2 Å². The van der Waals surface area contributed by atoms with Gasteiger partial charge in [0, 0.05) is 43.0 Å². The summed E-state index contributed by atoms with van der Waals surface area (Å²) in [4.78, 5) is 6.93. The van der Waals surface area contributed by atoms with Crippen molar-refractivity contribution in [3.05, 3.63) is 34.9 Å². The Kier molecular flexibility index (Phi) is 8.12. The molecule has 2 fully saturated rings. The summed E-state index contributed by atoms with van der Waals surface area (Å²) in [6.07, 6.45) is 5.93. The monoisotopic (exact) mass is 410 g/mol. The van der Waals surface area contributed by atoms with Crippen LogP contribution in [-0.4, -0.2) is 68.3 Å². The molecule has 3 rings (SSSR count). The molecule has 0 radical (unpaired) electrons. The highest BCUT2D eigenvalue weighted by molar-refractivity contribution is 7.99. The first-order chi connectivity index (χ1) is 13.2. The smallest absolute Gasteiger partial charge is 0.191 e. The van der Waals surface area contributed by atoms with E-state index in [0.717, 1.165) is 49.1 Å². The Morgan fingerprint density at radius 3 is 2.67 bits per heavy atom. The van der Waals surface area contributed by atoms with Crippen molar-refractivity contribution >= 4 is 29.3 Å². The first kappa shape index (κ1) is 20.8. The van der Waals surface area contributed by atoms with Gasteiger partial charge in [-0.2, -0.15) is 11.8 Å². The van der Waals surface area contributed by atoms with E-state index in [1.54, 1.807) is 0 Å². The van der Waals surface area contributed by atoms with Crippen molar-refractivity contribution in [1.29, 1.82) is 0 Å². The van der Waals surface area contributed by atoms with E-state index in [-0.39, 0.29) is 6.04 Å². The van der Waals surface area contributed by atoms with E-state index in [1.807, 2.05) is 30.9 Å². The number of halogens is 1. The Morgan fingerprint density at radius 2 is 2.04 bits per heavy atom. The maximum Gasteiger partial charge on any atom is 0.191 e. The van der Waals surface area contributed by atoms with Gasteiger partial charge in [0.25, 0.3) is 0 Å². The number of hydrogen-bond acceptors (Lipinski definition) is 4. The first-order valence-electron chi connectivity index (χ1n) is 9.77. The molecule has 1 aliphatic carbocycles. The molecule has 3 atom stereocenters. The average Bonchev–Trinajstić information content (AvgIpc) is 3.17. The number of ether oxygens (including phenoxy) is 1. The van der Waals surface area contributed by atoms with E-state index >= 15 is 0 Å². The van der Waals surface area contributed by atoms with Crippen LogP contribution < -0.4 is 10.6 Å². The first-order valence-corrected chi connectivity index (χ1v) is 11.4. The Bertz CT molecular complexity index is 607. The predicted octanol–water partition coefficient (Wildman–Crippen LogP) is 3.16. The summed E-state index contributed by atoms with van der Waals surface area (Å²) in [6, 6.07) is 8.98. The molecule has 2 N–H and O–H groups in total. The number of hydrogen-bond donors (Lipinski definition) is 2. The van der Waals surface area contributed by atoms with Crippen LogP contribution in [0.3, 0.4) is 0 Å². The van der Waals surface area contributed by atoms with Gasteiger partial charge in [-0.15, -0.1) is 0 Å². The van der Waals surface area contributed by atoms with E-state index in [0.29, 0.717) is 6.04 Å². The van der Waals surface area contributed by atoms with Gasteiger partial charge in [-0.05, 0) is 43.2 Å². The molecule has 1 aliphatic heterocycles. The second-order valence-electron chi connectivity index (χ2n) is 7.18. The van der Waals surface area contributed by atoms with Gasteiger partial charge in [-0.3, -0.25) is 9.89 Å². The van der Waals surface area contributed by atoms with Crippen LogP contribution in [0.15, 0.2) is 29.3 Å². The van der Waals surface area contributed by atoms with Crippen LogP contribution in [0.1, 0.15) is 30.9 Å². The van der Waals surface area contributed by atoms with Gasteiger partial charge in [-0.1, -0.05) is 23.7 Å². The summed E-state index contributed by atoms with van der Waals surface area (Å²) >= 11 is 8.07. The third kappa shape index (κ3) is 6.01. The molecule has 1 saturated heterocycles. The molecule has 1 saturated carbocycles. The third-order valence-corrected chi connectivity index (χ3v) is 6.83. The van der Waals surface area contributed by atoms with Gasteiger partial charge >= 0.3 is 0 Å². The number of nitrogens with zero attached hydrogens (tertiary/aromatic N) is 2. The van der Waals surface area contributed by atoms with E-state index in [9.17, 15) is 0 Å². The molecule has 5 nitrogen and oxygen atoms in total. The molecule has 0 aromatic heterocycles. The number of morpholine rings is 1. The molecule has 2 aliphatic rings. The number of thioether (sulfide) groups is 1. The van der Waals surface area contributed by atoms with Gasteiger partial charge in [0.1, 0.15) is 0 Å². The van der Waals surface area contributed by atoms with Crippen LogP contribution in [0, 0.1) is 0 Å². The van der Waals surface area contributed by atoms with E-state index in [2.05, 4.69) is 38.9 Å². The molecule has 1 aromatic rings. The van der Waals surface area contributed by atoms with Crippen LogP contribution in [0.2, 0.25) is 5.02 Å². The molecular weight excluding hydrogens is 380 g/mol. The third-order valence-electron chi connectivity index (χ3n) is 5.49. The zero-order chi connectivity index (χ0) is 19.1. The van der Waals surface area contributed by atoms with Crippen molar-refractivity contribution < 1.29 is 4.74 Å².